The predicted octanol–water partition coefficient (Wildman–Crippen LogP) is 1.86. The first kappa shape index (κ1) is 12.4. The van der Waals surface area contributed by atoms with Gasteiger partial charge in [0.25, 0.3) is 0 Å². The van der Waals surface area contributed by atoms with Gasteiger partial charge in [-0.05, 0) is 12.3 Å². The lowest BCUT2D eigenvalue weighted by atomic mass is 9.71. The molecule has 3 heteroatoms. The molecule has 0 fully saturated rings. The molecule has 1 atom stereocenters. The van der Waals surface area contributed by atoms with E-state index in [-0.39, 0.29) is 12.5 Å². The molecule has 0 spiro atoms. The van der Waals surface area contributed by atoms with E-state index in [1.54, 1.807) is 0 Å². The van der Waals surface area contributed by atoms with Crippen molar-refractivity contribution >= 4 is 5.97 Å². The highest BCUT2D eigenvalue weighted by molar-refractivity contribution is 5.75. The molecule has 0 aromatic heterocycles. The molecule has 0 aromatic carbocycles. The van der Waals surface area contributed by atoms with Crippen LogP contribution in [0, 0.1) is 11.3 Å². The summed E-state index contributed by atoms with van der Waals surface area (Å²) in [6.45, 7) is 6.19. The number of aliphatic carboxylic acids is 1. The molecule has 0 aliphatic heterocycles. The van der Waals surface area contributed by atoms with Gasteiger partial charge in [-0.3, -0.25) is 4.79 Å². The zero-order valence-corrected chi connectivity index (χ0v) is 8.84. The van der Waals surface area contributed by atoms with Gasteiger partial charge in [0, 0.05) is 6.54 Å². The average Bonchev–Trinajstić information content (AvgIpc) is 2.13. The summed E-state index contributed by atoms with van der Waals surface area (Å²) in [7, 11) is 0. The van der Waals surface area contributed by atoms with E-state index in [0.29, 0.717) is 6.42 Å². The summed E-state index contributed by atoms with van der Waals surface area (Å²) in [5, 5.41) is 9.18. The molecule has 78 valence electrons. The fraction of sp³-hybridized carbons (Fsp3) is 0.900. The maximum absolute atomic E-state index is 11.2. The molecular formula is C10H21NO2. The Morgan fingerprint density at radius 3 is 1.92 bits per heavy atom. The second-order valence-corrected chi connectivity index (χ2v) is 3.53. The van der Waals surface area contributed by atoms with Gasteiger partial charge in [-0.25, -0.2) is 0 Å². The van der Waals surface area contributed by atoms with Crippen LogP contribution in [0.1, 0.15) is 40.0 Å². The Labute approximate surface area is 80.3 Å². The van der Waals surface area contributed by atoms with Crippen LogP contribution < -0.4 is 5.73 Å². The molecule has 0 saturated heterocycles. The van der Waals surface area contributed by atoms with Crippen molar-refractivity contribution < 1.29 is 9.90 Å². The molecule has 3 nitrogen and oxygen atoms in total. The number of rotatable bonds is 6. The van der Waals surface area contributed by atoms with Gasteiger partial charge in [0.2, 0.25) is 0 Å². The van der Waals surface area contributed by atoms with E-state index in [1.807, 2.05) is 20.8 Å². The van der Waals surface area contributed by atoms with Gasteiger partial charge in [0.15, 0.2) is 0 Å². The van der Waals surface area contributed by atoms with Gasteiger partial charge in [0.1, 0.15) is 0 Å². The van der Waals surface area contributed by atoms with Gasteiger partial charge in [-0.2, -0.15) is 0 Å². The van der Waals surface area contributed by atoms with Crippen molar-refractivity contribution in [1.82, 2.24) is 0 Å². The van der Waals surface area contributed by atoms with Crippen molar-refractivity contribution in [3.63, 3.8) is 0 Å². The first-order chi connectivity index (χ1) is 6.08. The van der Waals surface area contributed by atoms with E-state index in [4.69, 9.17) is 5.73 Å². The lowest BCUT2D eigenvalue weighted by molar-refractivity contribution is -0.152. The molecule has 0 bridgehead atoms. The zero-order valence-electron chi connectivity index (χ0n) is 8.84. The topological polar surface area (TPSA) is 63.3 Å². The maximum Gasteiger partial charge on any atom is 0.311 e. The van der Waals surface area contributed by atoms with Gasteiger partial charge in [-0.1, -0.05) is 33.6 Å². The number of carboxylic acid groups (broad SMARTS) is 1. The first-order valence-corrected chi connectivity index (χ1v) is 5.02. The van der Waals surface area contributed by atoms with E-state index in [2.05, 4.69) is 0 Å². The van der Waals surface area contributed by atoms with Crippen molar-refractivity contribution in [2.75, 3.05) is 6.54 Å². The number of hydrogen-bond donors (Lipinski definition) is 2. The van der Waals surface area contributed by atoms with Crippen LogP contribution in [0.4, 0.5) is 0 Å². The molecular weight excluding hydrogens is 166 g/mol. The summed E-state index contributed by atoms with van der Waals surface area (Å²) < 4.78 is 0. The lowest BCUT2D eigenvalue weighted by Gasteiger charge is -2.34. The quantitative estimate of drug-likeness (QED) is 0.667. The molecule has 0 heterocycles. The maximum atomic E-state index is 11.2. The molecule has 1 unspecified atom stereocenters. The molecule has 0 aromatic rings. The summed E-state index contributed by atoms with van der Waals surface area (Å²) in [4.78, 5) is 11.2. The lowest BCUT2D eigenvalue weighted by Crippen LogP contribution is -2.44. The third kappa shape index (κ3) is 2.21. The van der Waals surface area contributed by atoms with Gasteiger partial charge >= 0.3 is 5.97 Å². The highest BCUT2D eigenvalue weighted by Crippen LogP contribution is 2.35. The van der Waals surface area contributed by atoms with E-state index in [9.17, 15) is 9.90 Å². The Hall–Kier alpha value is -0.570. The van der Waals surface area contributed by atoms with Gasteiger partial charge in [-0.15, -0.1) is 0 Å². The molecule has 13 heavy (non-hydrogen) atoms. The Bertz CT molecular complexity index is 160. The number of carbonyl (C=O) groups is 1. The molecule has 0 saturated carbocycles. The molecule has 3 N–H and O–H groups in total. The number of nitrogens with two attached hydrogens (primary N) is 1. The van der Waals surface area contributed by atoms with Crippen LogP contribution in [-0.2, 0) is 4.79 Å². The molecule has 0 aliphatic rings. The molecule has 0 amide bonds. The zero-order chi connectivity index (χ0) is 10.5. The summed E-state index contributed by atoms with van der Waals surface area (Å²) in [6.07, 6.45) is 2.38. The SMILES string of the molecule is CCC(CC)C(CC)(CN)C(=O)O. The summed E-state index contributed by atoms with van der Waals surface area (Å²) in [5.74, 6) is -0.550. The van der Waals surface area contributed by atoms with Crippen molar-refractivity contribution in [2.24, 2.45) is 17.1 Å². The molecule has 0 radical (unpaired) electrons. The van der Waals surface area contributed by atoms with E-state index >= 15 is 0 Å². The Morgan fingerprint density at radius 1 is 1.38 bits per heavy atom. The normalized spacial score (nSPS) is 15.8. The minimum atomic E-state index is -0.744. The smallest absolute Gasteiger partial charge is 0.311 e. The second-order valence-electron chi connectivity index (χ2n) is 3.53. The van der Waals surface area contributed by atoms with E-state index in [0.717, 1.165) is 12.8 Å². The van der Waals surface area contributed by atoms with Crippen molar-refractivity contribution in [2.45, 2.75) is 40.0 Å². The fourth-order valence-corrected chi connectivity index (χ4v) is 2.08. The minimum absolute atomic E-state index is 0.194. The second kappa shape index (κ2) is 5.22. The standard InChI is InChI=1S/C10H21NO2/c1-4-8(5-2)10(6-3,7-11)9(12)13/h8H,4-7,11H2,1-3H3,(H,12,13). The third-order valence-corrected chi connectivity index (χ3v) is 3.19. The fourth-order valence-electron chi connectivity index (χ4n) is 2.08. The van der Waals surface area contributed by atoms with E-state index in [1.165, 1.54) is 0 Å². The van der Waals surface area contributed by atoms with Crippen LogP contribution in [0.15, 0.2) is 0 Å². The van der Waals surface area contributed by atoms with Crippen molar-refractivity contribution in [1.29, 1.82) is 0 Å². The monoisotopic (exact) mass is 187 g/mol. The minimum Gasteiger partial charge on any atom is -0.481 e. The van der Waals surface area contributed by atoms with Gasteiger partial charge in [0.05, 0.1) is 5.41 Å². The number of hydrogen-bond acceptors (Lipinski definition) is 2. The van der Waals surface area contributed by atoms with Gasteiger partial charge < -0.3 is 10.8 Å². The van der Waals surface area contributed by atoms with Crippen LogP contribution in [0.2, 0.25) is 0 Å². The summed E-state index contributed by atoms with van der Waals surface area (Å²) in [5.41, 5.74) is 4.89. The number of carboxylic acids is 1. The third-order valence-electron chi connectivity index (χ3n) is 3.19. The van der Waals surface area contributed by atoms with E-state index < -0.39 is 11.4 Å². The molecule has 0 aliphatic carbocycles. The summed E-state index contributed by atoms with van der Waals surface area (Å²) in [6, 6.07) is 0. The predicted molar refractivity (Wildman–Crippen MR) is 53.5 cm³/mol. The highest BCUT2D eigenvalue weighted by Gasteiger charge is 2.41. The Kier molecular flexibility index (Phi) is 4.99. The van der Waals surface area contributed by atoms with Crippen molar-refractivity contribution in [3.05, 3.63) is 0 Å². The van der Waals surface area contributed by atoms with Crippen LogP contribution in [-0.4, -0.2) is 17.6 Å². The highest BCUT2D eigenvalue weighted by atomic mass is 16.4. The van der Waals surface area contributed by atoms with Crippen LogP contribution in [0.25, 0.3) is 0 Å². The Morgan fingerprint density at radius 2 is 1.85 bits per heavy atom. The van der Waals surface area contributed by atoms with Crippen LogP contribution in [0.3, 0.4) is 0 Å². The first-order valence-electron chi connectivity index (χ1n) is 5.02. The Balaban J connectivity index is 4.82. The molecule has 0 rings (SSSR count). The summed E-state index contributed by atoms with van der Waals surface area (Å²) >= 11 is 0. The van der Waals surface area contributed by atoms with Crippen molar-refractivity contribution in [3.8, 4) is 0 Å². The average molecular weight is 187 g/mol. The van der Waals surface area contributed by atoms with Crippen LogP contribution >= 0.6 is 0 Å². The largest absolute Gasteiger partial charge is 0.481 e. The van der Waals surface area contributed by atoms with Crippen LogP contribution in [0.5, 0.6) is 0 Å².